The monoisotopic (exact) mass is 195 g/mol. The second-order valence-electron chi connectivity index (χ2n) is 3.04. The van der Waals surface area contributed by atoms with Crippen molar-refractivity contribution >= 4 is 11.6 Å². The number of nitrogens with zero attached hydrogens (tertiary/aromatic N) is 1. The van der Waals surface area contributed by atoms with Crippen LogP contribution >= 0.6 is 0 Å². The number of para-hydroxylation sites is 1. The number of rotatable bonds is 0. The number of carbonyl (C=O) groups is 1. The smallest absolute Gasteiger partial charge is 0.320 e. The standard InChI is InChI=1S/C9H9NO4/c1-5-3-2-4-6-7(5)10(13)8(11)9(12)14-6/h2-4,9,12-13H,1H3. The maximum atomic E-state index is 11.1. The predicted molar refractivity (Wildman–Crippen MR) is 47.1 cm³/mol. The predicted octanol–water partition coefficient (Wildman–Crippen LogP) is 0.428. The molecule has 5 nitrogen and oxygen atoms in total. The number of aliphatic hydroxyl groups excluding tert-OH is 1. The van der Waals surface area contributed by atoms with E-state index < -0.39 is 12.2 Å². The summed E-state index contributed by atoms with van der Waals surface area (Å²) in [5, 5.41) is 19.0. The van der Waals surface area contributed by atoms with E-state index in [1.165, 1.54) is 0 Å². The van der Waals surface area contributed by atoms with E-state index in [9.17, 15) is 10.0 Å². The van der Waals surface area contributed by atoms with Gasteiger partial charge in [0.2, 0.25) is 0 Å². The van der Waals surface area contributed by atoms with Crippen LogP contribution in [0.2, 0.25) is 0 Å². The second kappa shape index (κ2) is 2.97. The fourth-order valence-corrected chi connectivity index (χ4v) is 1.38. The molecule has 1 aliphatic rings. The highest BCUT2D eigenvalue weighted by Gasteiger charge is 2.33. The topological polar surface area (TPSA) is 70.0 Å². The van der Waals surface area contributed by atoms with E-state index >= 15 is 0 Å². The molecular formula is C9H9NO4. The first-order valence-electron chi connectivity index (χ1n) is 4.08. The molecule has 0 bridgehead atoms. The Bertz CT molecular complexity index is 390. The zero-order valence-corrected chi connectivity index (χ0v) is 7.47. The average Bonchev–Trinajstić information content (AvgIpc) is 2.14. The summed E-state index contributed by atoms with van der Waals surface area (Å²) in [6, 6.07) is 5.02. The molecule has 1 unspecified atom stereocenters. The minimum Gasteiger partial charge on any atom is -0.453 e. The Morgan fingerprint density at radius 2 is 2.21 bits per heavy atom. The highest BCUT2D eigenvalue weighted by molar-refractivity contribution is 5.97. The van der Waals surface area contributed by atoms with Crippen molar-refractivity contribution in [2.24, 2.45) is 0 Å². The Balaban J connectivity index is 2.56. The molecule has 74 valence electrons. The molecule has 5 heteroatoms. The van der Waals surface area contributed by atoms with Crippen molar-refractivity contribution in [2.75, 3.05) is 5.06 Å². The maximum absolute atomic E-state index is 11.1. The van der Waals surface area contributed by atoms with E-state index in [4.69, 9.17) is 9.84 Å². The summed E-state index contributed by atoms with van der Waals surface area (Å²) in [5.41, 5.74) is 0.980. The number of carbonyl (C=O) groups excluding carboxylic acids is 1. The lowest BCUT2D eigenvalue weighted by atomic mass is 10.1. The third-order valence-corrected chi connectivity index (χ3v) is 2.07. The highest BCUT2D eigenvalue weighted by atomic mass is 16.6. The lowest BCUT2D eigenvalue weighted by molar-refractivity contribution is -0.148. The molecule has 0 fully saturated rings. The normalized spacial score (nSPS) is 20.4. The van der Waals surface area contributed by atoms with Gasteiger partial charge in [0.25, 0.3) is 6.29 Å². The van der Waals surface area contributed by atoms with Gasteiger partial charge in [0.05, 0.1) is 0 Å². The Labute approximate surface area is 80.1 Å². The first-order chi connectivity index (χ1) is 6.61. The lowest BCUT2D eigenvalue weighted by Gasteiger charge is -2.28. The van der Waals surface area contributed by atoms with Crippen LogP contribution in [0, 0.1) is 6.92 Å². The van der Waals surface area contributed by atoms with Crippen molar-refractivity contribution in [3.8, 4) is 5.75 Å². The van der Waals surface area contributed by atoms with Crippen molar-refractivity contribution in [1.82, 2.24) is 0 Å². The van der Waals surface area contributed by atoms with Crippen molar-refractivity contribution < 1.29 is 19.8 Å². The third-order valence-electron chi connectivity index (χ3n) is 2.07. The number of aryl methyl sites for hydroxylation is 1. The van der Waals surface area contributed by atoms with E-state index in [2.05, 4.69) is 0 Å². The second-order valence-corrected chi connectivity index (χ2v) is 3.04. The van der Waals surface area contributed by atoms with E-state index in [1.54, 1.807) is 25.1 Å². The van der Waals surface area contributed by atoms with Crippen LogP contribution in [-0.4, -0.2) is 22.5 Å². The molecule has 1 aromatic rings. The SMILES string of the molecule is Cc1cccc2c1N(O)C(=O)C(O)O2. The summed E-state index contributed by atoms with van der Waals surface area (Å²) in [4.78, 5) is 11.1. The molecule has 0 saturated carbocycles. The Hall–Kier alpha value is -1.59. The molecular weight excluding hydrogens is 186 g/mol. The molecule has 1 aliphatic heterocycles. The molecule has 14 heavy (non-hydrogen) atoms. The van der Waals surface area contributed by atoms with E-state index in [1.807, 2.05) is 0 Å². The minimum atomic E-state index is -1.63. The van der Waals surface area contributed by atoms with Gasteiger partial charge in [0, 0.05) is 0 Å². The van der Waals surface area contributed by atoms with Crippen molar-refractivity contribution in [2.45, 2.75) is 13.2 Å². The van der Waals surface area contributed by atoms with Crippen LogP contribution in [0.25, 0.3) is 0 Å². The third kappa shape index (κ3) is 1.14. The molecule has 0 aliphatic carbocycles. The number of fused-ring (bicyclic) bond motifs is 1. The van der Waals surface area contributed by atoms with Crippen LogP contribution in [0.4, 0.5) is 5.69 Å². The number of amides is 1. The molecule has 2 rings (SSSR count). The fourth-order valence-electron chi connectivity index (χ4n) is 1.38. The minimum absolute atomic E-state index is 0.280. The maximum Gasteiger partial charge on any atom is 0.320 e. The Morgan fingerprint density at radius 1 is 1.50 bits per heavy atom. The Kier molecular flexibility index (Phi) is 1.90. The summed E-state index contributed by atoms with van der Waals surface area (Å²) in [5.74, 6) is -0.591. The van der Waals surface area contributed by atoms with Gasteiger partial charge in [-0.05, 0) is 18.6 Å². The number of benzene rings is 1. The molecule has 0 saturated heterocycles. The van der Waals surface area contributed by atoms with Gasteiger partial charge in [0.1, 0.15) is 11.4 Å². The van der Waals surface area contributed by atoms with Crippen LogP contribution in [0.3, 0.4) is 0 Å². The lowest BCUT2D eigenvalue weighted by Crippen LogP contribution is -2.44. The van der Waals surface area contributed by atoms with Crippen LogP contribution in [0.1, 0.15) is 5.56 Å². The number of hydrogen-bond acceptors (Lipinski definition) is 4. The number of anilines is 1. The summed E-state index contributed by atoms with van der Waals surface area (Å²) >= 11 is 0. The van der Waals surface area contributed by atoms with Gasteiger partial charge in [-0.25, -0.2) is 0 Å². The van der Waals surface area contributed by atoms with Gasteiger partial charge in [-0.15, -0.1) is 0 Å². The number of aliphatic hydroxyl groups is 1. The van der Waals surface area contributed by atoms with Gasteiger partial charge in [-0.2, -0.15) is 5.06 Å². The van der Waals surface area contributed by atoms with Gasteiger partial charge in [-0.1, -0.05) is 12.1 Å². The summed E-state index contributed by atoms with van der Waals surface area (Å²) in [6.07, 6.45) is -1.63. The number of ether oxygens (including phenoxy) is 1. The van der Waals surface area contributed by atoms with Gasteiger partial charge in [-0.3, -0.25) is 10.0 Å². The number of hydrogen-bond donors (Lipinski definition) is 2. The average molecular weight is 195 g/mol. The van der Waals surface area contributed by atoms with Crippen LogP contribution in [0.5, 0.6) is 5.75 Å². The molecule has 2 N–H and O–H groups in total. The first-order valence-corrected chi connectivity index (χ1v) is 4.08. The van der Waals surface area contributed by atoms with E-state index in [0.717, 1.165) is 0 Å². The molecule has 1 atom stereocenters. The zero-order valence-electron chi connectivity index (χ0n) is 7.47. The Morgan fingerprint density at radius 3 is 2.93 bits per heavy atom. The molecule has 0 aromatic heterocycles. The summed E-state index contributed by atoms with van der Waals surface area (Å²) in [6.45, 7) is 1.73. The van der Waals surface area contributed by atoms with Crippen molar-refractivity contribution in [3.05, 3.63) is 23.8 Å². The first kappa shape index (κ1) is 8.98. The summed E-state index contributed by atoms with van der Waals surface area (Å²) in [7, 11) is 0. The van der Waals surface area contributed by atoms with E-state index in [-0.39, 0.29) is 5.69 Å². The number of hydroxylamine groups is 1. The molecule has 0 radical (unpaired) electrons. The largest absolute Gasteiger partial charge is 0.453 e. The highest BCUT2D eigenvalue weighted by Crippen LogP contribution is 2.34. The zero-order chi connectivity index (χ0) is 10.3. The molecule has 1 aromatic carbocycles. The molecule has 0 spiro atoms. The van der Waals surface area contributed by atoms with Gasteiger partial charge >= 0.3 is 5.91 Å². The quantitative estimate of drug-likeness (QED) is 0.589. The fraction of sp³-hybridized carbons (Fsp3) is 0.222. The van der Waals surface area contributed by atoms with Crippen LogP contribution < -0.4 is 9.80 Å². The molecule has 1 amide bonds. The van der Waals surface area contributed by atoms with E-state index in [0.29, 0.717) is 16.4 Å². The van der Waals surface area contributed by atoms with Crippen LogP contribution in [0.15, 0.2) is 18.2 Å². The van der Waals surface area contributed by atoms with Crippen LogP contribution in [-0.2, 0) is 4.79 Å². The summed E-state index contributed by atoms with van der Waals surface area (Å²) < 4.78 is 4.90. The van der Waals surface area contributed by atoms with Crippen molar-refractivity contribution in [3.63, 3.8) is 0 Å². The van der Waals surface area contributed by atoms with Gasteiger partial charge < -0.3 is 9.84 Å². The van der Waals surface area contributed by atoms with Gasteiger partial charge in [0.15, 0.2) is 0 Å². The molecule has 1 heterocycles. The van der Waals surface area contributed by atoms with Crippen molar-refractivity contribution in [1.29, 1.82) is 0 Å².